The van der Waals surface area contributed by atoms with Crippen molar-refractivity contribution < 1.29 is 4.79 Å². The summed E-state index contributed by atoms with van der Waals surface area (Å²) < 4.78 is 0. The maximum atomic E-state index is 12.0. The van der Waals surface area contributed by atoms with Crippen LogP contribution in [0.15, 0.2) is 29.6 Å². The number of para-hydroxylation sites is 1. The molecule has 2 aromatic rings. The molecular weight excluding hydrogens is 294 g/mol. The fraction of sp³-hybridized carbons (Fsp3) is 0.353. The van der Waals surface area contributed by atoms with Gasteiger partial charge in [-0.25, -0.2) is 4.98 Å². The number of aryl methyl sites for hydroxylation is 1. The molecule has 1 aromatic carbocycles. The van der Waals surface area contributed by atoms with Crippen molar-refractivity contribution in [3.05, 3.63) is 45.9 Å². The van der Waals surface area contributed by atoms with Gasteiger partial charge in [-0.3, -0.25) is 4.79 Å². The molecule has 0 saturated carbocycles. The molecule has 1 N–H and O–H groups in total. The van der Waals surface area contributed by atoms with E-state index in [0.29, 0.717) is 24.1 Å². The summed E-state index contributed by atoms with van der Waals surface area (Å²) in [5.41, 5.74) is 2.12. The topological polar surface area (TPSA) is 65.8 Å². The summed E-state index contributed by atoms with van der Waals surface area (Å²) in [6, 6.07) is 9.06. The van der Waals surface area contributed by atoms with E-state index in [9.17, 15) is 4.79 Å². The molecule has 4 nitrogen and oxygen atoms in total. The SMILES string of the molecule is CC(C)(C)c1csc(CCC(=O)Nc2ccccc2C#N)n1. The van der Waals surface area contributed by atoms with Gasteiger partial charge in [-0.1, -0.05) is 32.9 Å². The predicted octanol–water partition coefficient (Wildman–Crippen LogP) is 3.88. The lowest BCUT2D eigenvalue weighted by atomic mass is 9.93. The fourth-order valence-electron chi connectivity index (χ4n) is 1.89. The third-order valence-corrected chi connectivity index (χ3v) is 4.12. The lowest BCUT2D eigenvalue weighted by Crippen LogP contribution is -2.14. The highest BCUT2D eigenvalue weighted by Gasteiger charge is 2.17. The van der Waals surface area contributed by atoms with E-state index in [1.54, 1.807) is 35.6 Å². The standard InChI is InChI=1S/C17H19N3OS/c1-17(2,3)14-11-22-16(20-14)9-8-15(21)19-13-7-5-4-6-12(13)10-18/h4-7,11H,8-9H2,1-3H3,(H,19,21). The number of nitriles is 1. The molecule has 0 fully saturated rings. The highest BCUT2D eigenvalue weighted by atomic mass is 32.1. The van der Waals surface area contributed by atoms with E-state index in [2.05, 4.69) is 42.5 Å². The Morgan fingerprint density at radius 3 is 2.73 bits per heavy atom. The van der Waals surface area contributed by atoms with Crippen LogP contribution in [0.5, 0.6) is 0 Å². The van der Waals surface area contributed by atoms with Crippen LogP contribution in [0.2, 0.25) is 0 Å². The molecule has 0 atom stereocenters. The fourth-order valence-corrected chi connectivity index (χ4v) is 2.92. The van der Waals surface area contributed by atoms with Gasteiger partial charge in [0.2, 0.25) is 5.91 Å². The number of thiazole rings is 1. The molecule has 0 aliphatic carbocycles. The number of hydrogen-bond donors (Lipinski definition) is 1. The van der Waals surface area contributed by atoms with E-state index in [4.69, 9.17) is 5.26 Å². The third-order valence-electron chi connectivity index (χ3n) is 3.21. The Kier molecular flexibility index (Phi) is 4.94. The maximum Gasteiger partial charge on any atom is 0.224 e. The highest BCUT2D eigenvalue weighted by molar-refractivity contribution is 7.09. The molecular formula is C17H19N3OS. The first-order valence-corrected chi connectivity index (χ1v) is 8.02. The van der Waals surface area contributed by atoms with Crippen molar-refractivity contribution in [3.63, 3.8) is 0 Å². The molecule has 0 unspecified atom stereocenters. The first-order chi connectivity index (χ1) is 10.4. The van der Waals surface area contributed by atoms with Crippen LogP contribution < -0.4 is 5.32 Å². The van der Waals surface area contributed by atoms with Crippen molar-refractivity contribution in [3.8, 4) is 6.07 Å². The van der Waals surface area contributed by atoms with Crippen molar-refractivity contribution in [1.82, 2.24) is 4.98 Å². The van der Waals surface area contributed by atoms with Gasteiger partial charge in [0.05, 0.1) is 22.0 Å². The molecule has 0 aliphatic heterocycles. The quantitative estimate of drug-likeness (QED) is 0.931. The summed E-state index contributed by atoms with van der Waals surface area (Å²) in [7, 11) is 0. The lowest BCUT2D eigenvalue weighted by Gasteiger charge is -2.14. The largest absolute Gasteiger partial charge is 0.325 e. The predicted molar refractivity (Wildman–Crippen MR) is 88.9 cm³/mol. The van der Waals surface area contributed by atoms with Gasteiger partial charge in [0.25, 0.3) is 0 Å². The summed E-state index contributed by atoms with van der Waals surface area (Å²) in [6.45, 7) is 6.37. The van der Waals surface area contributed by atoms with Crippen molar-refractivity contribution in [2.24, 2.45) is 0 Å². The average Bonchev–Trinajstić information content (AvgIpc) is 2.95. The van der Waals surface area contributed by atoms with Gasteiger partial charge in [-0.2, -0.15) is 5.26 Å². The Morgan fingerprint density at radius 1 is 1.36 bits per heavy atom. The number of carbonyl (C=O) groups excluding carboxylic acids is 1. The van der Waals surface area contributed by atoms with E-state index < -0.39 is 0 Å². The van der Waals surface area contributed by atoms with E-state index in [-0.39, 0.29) is 11.3 Å². The van der Waals surface area contributed by atoms with Crippen molar-refractivity contribution in [2.75, 3.05) is 5.32 Å². The van der Waals surface area contributed by atoms with Crippen LogP contribution in [0, 0.1) is 11.3 Å². The number of aromatic nitrogens is 1. The molecule has 1 aromatic heterocycles. The molecule has 5 heteroatoms. The maximum absolute atomic E-state index is 12.0. The van der Waals surface area contributed by atoms with Crippen LogP contribution in [-0.4, -0.2) is 10.9 Å². The minimum Gasteiger partial charge on any atom is -0.325 e. The highest BCUT2D eigenvalue weighted by Crippen LogP contribution is 2.24. The number of hydrogen-bond acceptors (Lipinski definition) is 4. The Bertz CT molecular complexity index is 707. The van der Waals surface area contributed by atoms with Gasteiger partial charge in [0.15, 0.2) is 0 Å². The van der Waals surface area contributed by atoms with Gasteiger partial charge in [0, 0.05) is 23.6 Å². The van der Waals surface area contributed by atoms with Crippen LogP contribution in [0.4, 0.5) is 5.69 Å². The van der Waals surface area contributed by atoms with Gasteiger partial charge in [0.1, 0.15) is 6.07 Å². The van der Waals surface area contributed by atoms with E-state index in [1.165, 1.54) is 0 Å². The Hall–Kier alpha value is -2.19. The number of rotatable bonds is 4. The number of anilines is 1. The Morgan fingerprint density at radius 2 is 2.09 bits per heavy atom. The molecule has 1 amide bonds. The normalized spacial score (nSPS) is 11.0. The van der Waals surface area contributed by atoms with Crippen LogP contribution in [0.3, 0.4) is 0 Å². The van der Waals surface area contributed by atoms with Gasteiger partial charge in [-0.05, 0) is 12.1 Å². The number of nitrogens with zero attached hydrogens (tertiary/aromatic N) is 2. The minimum atomic E-state index is -0.102. The summed E-state index contributed by atoms with van der Waals surface area (Å²) in [4.78, 5) is 16.6. The van der Waals surface area contributed by atoms with Gasteiger partial charge >= 0.3 is 0 Å². The number of benzene rings is 1. The molecule has 0 saturated heterocycles. The minimum absolute atomic E-state index is 0.0305. The Labute approximate surface area is 134 Å². The Balaban J connectivity index is 1.93. The molecule has 0 aliphatic rings. The second-order valence-corrected chi connectivity index (χ2v) is 7.02. The lowest BCUT2D eigenvalue weighted by molar-refractivity contribution is -0.116. The molecule has 1 heterocycles. The van der Waals surface area contributed by atoms with Crippen LogP contribution in [0.1, 0.15) is 43.5 Å². The van der Waals surface area contributed by atoms with Crippen molar-refractivity contribution in [1.29, 1.82) is 5.26 Å². The monoisotopic (exact) mass is 313 g/mol. The van der Waals surface area contributed by atoms with Crippen LogP contribution in [0.25, 0.3) is 0 Å². The number of amides is 1. The number of nitrogens with one attached hydrogen (secondary N) is 1. The molecule has 22 heavy (non-hydrogen) atoms. The third kappa shape index (κ3) is 4.15. The van der Waals surface area contributed by atoms with Crippen molar-refractivity contribution in [2.45, 2.75) is 39.0 Å². The molecule has 0 radical (unpaired) electrons. The summed E-state index contributed by atoms with van der Waals surface area (Å²) in [5, 5.41) is 14.8. The molecule has 0 spiro atoms. The van der Waals surface area contributed by atoms with Gasteiger partial charge in [-0.15, -0.1) is 11.3 Å². The van der Waals surface area contributed by atoms with Crippen molar-refractivity contribution >= 4 is 22.9 Å². The smallest absolute Gasteiger partial charge is 0.224 e. The zero-order chi connectivity index (χ0) is 16.2. The van der Waals surface area contributed by atoms with E-state index >= 15 is 0 Å². The van der Waals surface area contributed by atoms with E-state index in [0.717, 1.165) is 10.7 Å². The first-order valence-electron chi connectivity index (χ1n) is 7.14. The molecule has 2 rings (SSSR count). The molecule has 114 valence electrons. The number of carbonyl (C=O) groups is 1. The second kappa shape index (κ2) is 6.71. The second-order valence-electron chi connectivity index (χ2n) is 6.08. The van der Waals surface area contributed by atoms with Crippen LogP contribution in [-0.2, 0) is 16.6 Å². The summed E-state index contributed by atoms with van der Waals surface area (Å²) >= 11 is 1.59. The van der Waals surface area contributed by atoms with E-state index in [1.807, 2.05) is 0 Å². The van der Waals surface area contributed by atoms with Crippen LogP contribution >= 0.6 is 11.3 Å². The zero-order valence-corrected chi connectivity index (χ0v) is 13.8. The molecule has 0 bridgehead atoms. The average molecular weight is 313 g/mol. The summed E-state index contributed by atoms with van der Waals surface area (Å²) in [6.07, 6.45) is 0.970. The zero-order valence-electron chi connectivity index (χ0n) is 13.0. The van der Waals surface area contributed by atoms with Gasteiger partial charge < -0.3 is 5.32 Å². The summed E-state index contributed by atoms with van der Waals surface area (Å²) in [5.74, 6) is -0.102. The first kappa shape index (κ1) is 16.2.